The summed E-state index contributed by atoms with van der Waals surface area (Å²) >= 11 is 0. The molecule has 0 fully saturated rings. The summed E-state index contributed by atoms with van der Waals surface area (Å²) in [4.78, 5) is 33.0. The maximum atomic E-state index is 11.3. The quantitative estimate of drug-likeness (QED) is 0.523. The van der Waals surface area contributed by atoms with Gasteiger partial charge in [-0.25, -0.2) is 0 Å². The summed E-state index contributed by atoms with van der Waals surface area (Å²) in [5.74, 6) is -0.842. The van der Waals surface area contributed by atoms with Gasteiger partial charge in [0.25, 0.3) is 0 Å². The average Bonchev–Trinajstić information content (AvgIpc) is 2.19. The summed E-state index contributed by atoms with van der Waals surface area (Å²) in [6.07, 6.45) is 0.253. The second kappa shape index (κ2) is 7.04. The van der Waals surface area contributed by atoms with Crippen molar-refractivity contribution in [3.8, 4) is 0 Å². The van der Waals surface area contributed by atoms with E-state index in [4.69, 9.17) is 9.47 Å². The van der Waals surface area contributed by atoms with Crippen LogP contribution >= 0.6 is 0 Å². The van der Waals surface area contributed by atoms with E-state index < -0.39 is 11.4 Å². The fourth-order valence-electron chi connectivity index (χ4n) is 0.857. The highest BCUT2D eigenvalue weighted by molar-refractivity contribution is 5.81. The zero-order valence-corrected chi connectivity index (χ0v) is 10.9. The predicted molar refractivity (Wildman–Crippen MR) is 61.3 cm³/mol. The Morgan fingerprint density at radius 1 is 0.941 bits per heavy atom. The Morgan fingerprint density at radius 3 is 1.94 bits per heavy atom. The van der Waals surface area contributed by atoms with Crippen molar-refractivity contribution in [1.82, 2.24) is 0 Å². The number of hydrogen-bond donors (Lipinski definition) is 0. The third-order valence-electron chi connectivity index (χ3n) is 1.87. The summed E-state index contributed by atoms with van der Waals surface area (Å²) < 4.78 is 9.69. The Morgan fingerprint density at radius 2 is 1.47 bits per heavy atom. The Bertz CT molecular complexity index is 288. The largest absolute Gasteiger partial charge is 0.462 e. The van der Waals surface area contributed by atoms with E-state index in [0.29, 0.717) is 0 Å². The van der Waals surface area contributed by atoms with Crippen LogP contribution in [0.15, 0.2) is 0 Å². The smallest absolute Gasteiger partial charge is 0.311 e. The second-order valence-electron chi connectivity index (χ2n) is 4.81. The standard InChI is InChI=1S/C12H20O5/c1-9(13)5-6-10(14)16-7-8-17-11(15)12(2,3)4/h5-8H2,1-4H3. The molecular weight excluding hydrogens is 224 g/mol. The lowest BCUT2D eigenvalue weighted by Crippen LogP contribution is -2.25. The van der Waals surface area contributed by atoms with E-state index in [1.807, 2.05) is 0 Å². The summed E-state index contributed by atoms with van der Waals surface area (Å²) in [6, 6.07) is 0. The predicted octanol–water partition coefficient (Wildman–Crippen LogP) is 1.49. The molecule has 0 aliphatic rings. The van der Waals surface area contributed by atoms with Crippen LogP contribution in [0, 0.1) is 5.41 Å². The number of carbonyl (C=O) groups excluding carboxylic acids is 3. The summed E-state index contributed by atoms with van der Waals surface area (Å²) in [5.41, 5.74) is -0.557. The van der Waals surface area contributed by atoms with Crippen molar-refractivity contribution in [2.75, 3.05) is 13.2 Å². The molecule has 0 saturated heterocycles. The zero-order valence-electron chi connectivity index (χ0n) is 10.9. The number of ether oxygens (including phenoxy) is 2. The molecule has 0 amide bonds. The van der Waals surface area contributed by atoms with Gasteiger partial charge in [-0.05, 0) is 27.7 Å². The Hall–Kier alpha value is -1.39. The van der Waals surface area contributed by atoms with Crippen molar-refractivity contribution in [3.05, 3.63) is 0 Å². The number of ketones is 1. The third kappa shape index (κ3) is 8.42. The SMILES string of the molecule is CC(=O)CCC(=O)OCCOC(=O)C(C)(C)C. The first-order valence-electron chi connectivity index (χ1n) is 5.56. The third-order valence-corrected chi connectivity index (χ3v) is 1.87. The normalized spacial score (nSPS) is 10.8. The molecule has 0 aliphatic heterocycles. The number of Topliss-reactive ketones (excluding diaryl/α,β-unsaturated/α-hetero) is 1. The van der Waals surface area contributed by atoms with Crippen LogP contribution in [0.4, 0.5) is 0 Å². The zero-order chi connectivity index (χ0) is 13.5. The molecule has 0 heterocycles. The highest BCUT2D eigenvalue weighted by Crippen LogP contribution is 2.14. The topological polar surface area (TPSA) is 69.7 Å². The van der Waals surface area contributed by atoms with Crippen LogP contribution in [0.3, 0.4) is 0 Å². The van der Waals surface area contributed by atoms with Gasteiger partial charge >= 0.3 is 11.9 Å². The molecule has 0 aromatic rings. The van der Waals surface area contributed by atoms with Gasteiger partial charge in [-0.15, -0.1) is 0 Å². The van der Waals surface area contributed by atoms with E-state index in [9.17, 15) is 14.4 Å². The fourth-order valence-corrected chi connectivity index (χ4v) is 0.857. The molecule has 0 spiro atoms. The summed E-state index contributed by atoms with van der Waals surface area (Å²) in [7, 11) is 0. The van der Waals surface area contributed by atoms with Crippen molar-refractivity contribution < 1.29 is 23.9 Å². The molecule has 0 bridgehead atoms. The van der Waals surface area contributed by atoms with Crippen molar-refractivity contribution >= 4 is 17.7 Å². The van der Waals surface area contributed by atoms with Crippen molar-refractivity contribution in [2.45, 2.75) is 40.5 Å². The van der Waals surface area contributed by atoms with Crippen molar-refractivity contribution in [3.63, 3.8) is 0 Å². The first kappa shape index (κ1) is 15.6. The first-order valence-corrected chi connectivity index (χ1v) is 5.56. The Balaban J connectivity index is 3.62. The molecule has 0 aliphatic carbocycles. The molecule has 0 saturated carbocycles. The Labute approximate surface area is 101 Å². The lowest BCUT2D eigenvalue weighted by molar-refractivity contribution is -0.158. The van der Waals surface area contributed by atoms with Gasteiger partial charge in [-0.1, -0.05) is 0 Å². The van der Waals surface area contributed by atoms with Crippen LogP contribution < -0.4 is 0 Å². The van der Waals surface area contributed by atoms with Crippen molar-refractivity contribution in [1.29, 1.82) is 0 Å². The van der Waals surface area contributed by atoms with Gasteiger partial charge in [0, 0.05) is 6.42 Å². The molecule has 0 unspecified atom stereocenters. The van der Waals surface area contributed by atoms with E-state index >= 15 is 0 Å². The van der Waals surface area contributed by atoms with Gasteiger partial charge in [0.2, 0.25) is 0 Å². The van der Waals surface area contributed by atoms with Crippen LogP contribution in [0.5, 0.6) is 0 Å². The summed E-state index contributed by atoms with van der Waals surface area (Å²) in [6.45, 7) is 6.72. The average molecular weight is 244 g/mol. The maximum absolute atomic E-state index is 11.3. The Kier molecular flexibility index (Phi) is 6.46. The van der Waals surface area contributed by atoms with Gasteiger partial charge in [0.15, 0.2) is 0 Å². The van der Waals surface area contributed by atoms with Crippen LogP contribution in [0.2, 0.25) is 0 Å². The molecule has 5 nitrogen and oxygen atoms in total. The van der Waals surface area contributed by atoms with Gasteiger partial charge in [-0.3, -0.25) is 9.59 Å². The van der Waals surface area contributed by atoms with E-state index in [1.54, 1.807) is 20.8 Å². The minimum atomic E-state index is -0.557. The minimum Gasteiger partial charge on any atom is -0.462 e. The number of hydrogen-bond acceptors (Lipinski definition) is 5. The van der Waals surface area contributed by atoms with Crippen LogP contribution in [0.1, 0.15) is 40.5 Å². The van der Waals surface area contributed by atoms with E-state index in [0.717, 1.165) is 0 Å². The molecule has 0 rings (SSSR count). The monoisotopic (exact) mass is 244 g/mol. The maximum Gasteiger partial charge on any atom is 0.311 e. The second-order valence-corrected chi connectivity index (χ2v) is 4.81. The van der Waals surface area contributed by atoms with Crippen LogP contribution in [0.25, 0.3) is 0 Å². The highest BCUT2D eigenvalue weighted by atomic mass is 16.6. The molecule has 0 aromatic carbocycles. The number of esters is 2. The molecule has 98 valence electrons. The van der Waals surface area contributed by atoms with E-state index in [2.05, 4.69) is 0 Å². The van der Waals surface area contributed by atoms with E-state index in [-0.39, 0.29) is 37.8 Å². The molecule has 0 N–H and O–H groups in total. The van der Waals surface area contributed by atoms with Gasteiger partial charge in [0.05, 0.1) is 11.8 Å². The number of rotatable bonds is 6. The molecule has 0 atom stereocenters. The van der Waals surface area contributed by atoms with Crippen molar-refractivity contribution in [2.24, 2.45) is 5.41 Å². The molecule has 0 radical (unpaired) electrons. The number of carbonyl (C=O) groups is 3. The van der Waals surface area contributed by atoms with E-state index in [1.165, 1.54) is 6.92 Å². The van der Waals surface area contributed by atoms with Crippen LogP contribution in [-0.2, 0) is 23.9 Å². The molecule has 5 heteroatoms. The lowest BCUT2D eigenvalue weighted by Gasteiger charge is -2.16. The van der Waals surface area contributed by atoms with Crippen LogP contribution in [-0.4, -0.2) is 30.9 Å². The summed E-state index contributed by atoms with van der Waals surface area (Å²) in [5, 5.41) is 0. The van der Waals surface area contributed by atoms with Gasteiger partial charge in [-0.2, -0.15) is 0 Å². The first-order chi connectivity index (χ1) is 7.73. The highest BCUT2D eigenvalue weighted by Gasteiger charge is 2.22. The lowest BCUT2D eigenvalue weighted by atomic mass is 9.97. The molecule has 17 heavy (non-hydrogen) atoms. The molecular formula is C12H20O5. The minimum absolute atomic E-state index is 0.0263. The fraction of sp³-hybridized carbons (Fsp3) is 0.750. The van der Waals surface area contributed by atoms with Gasteiger partial charge < -0.3 is 14.3 Å². The molecule has 0 aromatic heterocycles. The van der Waals surface area contributed by atoms with Gasteiger partial charge in [0.1, 0.15) is 19.0 Å².